The Labute approximate surface area is 126 Å². The Morgan fingerprint density at radius 1 is 1.24 bits per heavy atom. The van der Waals surface area contributed by atoms with E-state index in [4.69, 9.17) is 5.73 Å². The second-order valence-corrected chi connectivity index (χ2v) is 8.09. The SMILES string of the molecule is CC(CN)(Nc1ccccc1S(=O)(=O)NC1CC1)C1CC1. The minimum absolute atomic E-state index is 0.104. The molecule has 116 valence electrons. The average molecular weight is 309 g/mol. The maximum Gasteiger partial charge on any atom is 0.242 e. The van der Waals surface area contributed by atoms with Gasteiger partial charge in [-0.15, -0.1) is 0 Å². The van der Waals surface area contributed by atoms with Crippen LogP contribution >= 0.6 is 0 Å². The number of anilines is 1. The van der Waals surface area contributed by atoms with Crippen molar-refractivity contribution in [1.82, 2.24) is 4.72 Å². The van der Waals surface area contributed by atoms with Crippen LogP contribution in [0.3, 0.4) is 0 Å². The highest BCUT2D eigenvalue weighted by Crippen LogP contribution is 2.41. The number of hydrogen-bond acceptors (Lipinski definition) is 4. The van der Waals surface area contributed by atoms with Crippen LogP contribution in [0.15, 0.2) is 29.2 Å². The van der Waals surface area contributed by atoms with E-state index in [2.05, 4.69) is 17.0 Å². The van der Waals surface area contributed by atoms with Gasteiger partial charge in [0.15, 0.2) is 0 Å². The van der Waals surface area contributed by atoms with Crippen LogP contribution in [-0.2, 0) is 10.0 Å². The third-order valence-corrected chi connectivity index (χ3v) is 5.98. The van der Waals surface area contributed by atoms with Gasteiger partial charge in [-0.05, 0) is 50.7 Å². The van der Waals surface area contributed by atoms with Gasteiger partial charge in [-0.2, -0.15) is 0 Å². The Bertz CT molecular complexity index is 624. The molecule has 1 atom stereocenters. The molecule has 2 aliphatic rings. The average Bonchev–Trinajstić information content (AvgIpc) is 3.31. The second-order valence-electron chi connectivity index (χ2n) is 6.41. The van der Waals surface area contributed by atoms with Crippen molar-refractivity contribution < 1.29 is 8.42 Å². The number of sulfonamides is 1. The van der Waals surface area contributed by atoms with Crippen LogP contribution in [0.25, 0.3) is 0 Å². The molecule has 6 heteroatoms. The molecule has 0 saturated heterocycles. The van der Waals surface area contributed by atoms with Gasteiger partial charge in [-0.1, -0.05) is 12.1 Å². The summed E-state index contributed by atoms with van der Waals surface area (Å²) in [7, 11) is -3.47. The van der Waals surface area contributed by atoms with Crippen LogP contribution in [0.1, 0.15) is 32.6 Å². The van der Waals surface area contributed by atoms with E-state index >= 15 is 0 Å². The fourth-order valence-corrected chi connectivity index (χ4v) is 4.10. The van der Waals surface area contributed by atoms with Gasteiger partial charge < -0.3 is 11.1 Å². The first-order valence-electron chi connectivity index (χ1n) is 7.54. The van der Waals surface area contributed by atoms with Crippen molar-refractivity contribution in [1.29, 1.82) is 0 Å². The van der Waals surface area contributed by atoms with Crippen LogP contribution in [-0.4, -0.2) is 26.5 Å². The third kappa shape index (κ3) is 3.22. The van der Waals surface area contributed by atoms with E-state index in [9.17, 15) is 8.42 Å². The highest BCUT2D eigenvalue weighted by atomic mass is 32.2. The minimum Gasteiger partial charge on any atom is -0.377 e. The topological polar surface area (TPSA) is 84.2 Å². The Morgan fingerprint density at radius 2 is 1.90 bits per heavy atom. The Kier molecular flexibility index (Phi) is 3.71. The molecule has 1 unspecified atom stereocenters. The molecule has 0 amide bonds. The quantitative estimate of drug-likeness (QED) is 0.715. The summed E-state index contributed by atoms with van der Waals surface area (Å²) < 4.78 is 27.7. The third-order valence-electron chi connectivity index (χ3n) is 4.40. The fraction of sp³-hybridized carbons (Fsp3) is 0.600. The first-order chi connectivity index (χ1) is 9.94. The van der Waals surface area contributed by atoms with Gasteiger partial charge in [-0.3, -0.25) is 0 Å². The molecule has 1 aromatic carbocycles. The van der Waals surface area contributed by atoms with Crippen molar-refractivity contribution >= 4 is 15.7 Å². The number of nitrogens with two attached hydrogens (primary N) is 1. The zero-order valence-electron chi connectivity index (χ0n) is 12.3. The standard InChI is InChI=1S/C15H23N3O2S/c1-15(10-16,11-6-7-11)17-13-4-2-3-5-14(13)21(19,20)18-12-8-9-12/h2-5,11-12,17-18H,6-10,16H2,1H3. The molecule has 21 heavy (non-hydrogen) atoms. The summed E-state index contributed by atoms with van der Waals surface area (Å²) >= 11 is 0. The van der Waals surface area contributed by atoms with Crippen LogP contribution in [0.5, 0.6) is 0 Å². The van der Waals surface area contributed by atoms with Gasteiger partial charge in [0, 0.05) is 18.1 Å². The summed E-state index contributed by atoms with van der Waals surface area (Å²) in [6.45, 7) is 2.56. The predicted molar refractivity (Wildman–Crippen MR) is 83.6 cm³/mol. The van der Waals surface area contributed by atoms with Crippen molar-refractivity contribution in [3.05, 3.63) is 24.3 Å². The molecule has 1 aromatic rings. The summed E-state index contributed by atoms with van der Waals surface area (Å²) in [6, 6.07) is 7.17. The zero-order valence-corrected chi connectivity index (χ0v) is 13.1. The molecule has 2 aliphatic carbocycles. The lowest BCUT2D eigenvalue weighted by Gasteiger charge is -2.31. The summed E-state index contributed by atoms with van der Waals surface area (Å²) in [5, 5.41) is 3.39. The van der Waals surface area contributed by atoms with Gasteiger partial charge in [0.05, 0.1) is 5.69 Å². The smallest absolute Gasteiger partial charge is 0.242 e. The van der Waals surface area contributed by atoms with Crippen LogP contribution < -0.4 is 15.8 Å². The Hall–Kier alpha value is -1.11. The maximum absolute atomic E-state index is 12.5. The van der Waals surface area contributed by atoms with Gasteiger partial charge in [0.1, 0.15) is 4.90 Å². The largest absolute Gasteiger partial charge is 0.377 e. The van der Waals surface area contributed by atoms with Gasteiger partial charge in [-0.25, -0.2) is 13.1 Å². The molecular formula is C15H23N3O2S. The molecule has 0 radical (unpaired) electrons. The summed E-state index contributed by atoms with van der Waals surface area (Å²) in [6.07, 6.45) is 4.15. The molecule has 0 bridgehead atoms. The van der Waals surface area contributed by atoms with E-state index in [0.717, 1.165) is 25.7 Å². The number of nitrogens with one attached hydrogen (secondary N) is 2. The zero-order chi connectivity index (χ0) is 15.1. The molecule has 0 heterocycles. The van der Waals surface area contributed by atoms with Crippen molar-refractivity contribution in [2.24, 2.45) is 11.7 Å². The van der Waals surface area contributed by atoms with E-state index in [-0.39, 0.29) is 11.6 Å². The maximum atomic E-state index is 12.5. The van der Waals surface area contributed by atoms with Crippen LogP contribution in [0, 0.1) is 5.92 Å². The summed E-state index contributed by atoms with van der Waals surface area (Å²) in [5.41, 5.74) is 6.32. The fourth-order valence-electron chi connectivity index (χ4n) is 2.64. The number of benzene rings is 1. The molecule has 0 aliphatic heterocycles. The second kappa shape index (κ2) is 5.26. The lowest BCUT2D eigenvalue weighted by Crippen LogP contribution is -2.45. The van der Waals surface area contributed by atoms with E-state index in [1.54, 1.807) is 12.1 Å². The van der Waals surface area contributed by atoms with Crippen LogP contribution in [0.2, 0.25) is 0 Å². The highest BCUT2D eigenvalue weighted by Gasteiger charge is 2.41. The van der Waals surface area contributed by atoms with E-state index in [0.29, 0.717) is 23.0 Å². The predicted octanol–water partition coefficient (Wildman–Crippen LogP) is 1.67. The summed E-state index contributed by atoms with van der Waals surface area (Å²) in [5.74, 6) is 0.523. The first kappa shape index (κ1) is 14.8. The highest BCUT2D eigenvalue weighted by molar-refractivity contribution is 7.89. The molecule has 0 aromatic heterocycles. The van der Waals surface area contributed by atoms with Crippen molar-refractivity contribution in [2.75, 3.05) is 11.9 Å². The van der Waals surface area contributed by atoms with Gasteiger partial charge >= 0.3 is 0 Å². The van der Waals surface area contributed by atoms with Crippen molar-refractivity contribution in [3.8, 4) is 0 Å². The lowest BCUT2D eigenvalue weighted by molar-refractivity contribution is 0.458. The summed E-state index contributed by atoms with van der Waals surface area (Å²) in [4.78, 5) is 0.317. The van der Waals surface area contributed by atoms with Gasteiger partial charge in [0.2, 0.25) is 10.0 Å². The molecule has 2 fully saturated rings. The van der Waals surface area contributed by atoms with Crippen molar-refractivity contribution in [2.45, 2.75) is 49.1 Å². The molecule has 5 nitrogen and oxygen atoms in total. The lowest BCUT2D eigenvalue weighted by atomic mass is 9.95. The minimum atomic E-state index is -3.47. The number of rotatable bonds is 7. The molecule has 4 N–H and O–H groups in total. The normalized spacial score (nSPS) is 21.8. The molecular weight excluding hydrogens is 286 g/mol. The Morgan fingerprint density at radius 3 is 2.48 bits per heavy atom. The van der Waals surface area contributed by atoms with E-state index in [1.807, 2.05) is 12.1 Å². The number of hydrogen-bond donors (Lipinski definition) is 3. The van der Waals surface area contributed by atoms with Gasteiger partial charge in [0.25, 0.3) is 0 Å². The van der Waals surface area contributed by atoms with E-state index < -0.39 is 10.0 Å². The molecule has 3 rings (SSSR count). The first-order valence-corrected chi connectivity index (χ1v) is 9.02. The number of para-hydroxylation sites is 1. The molecule has 0 spiro atoms. The van der Waals surface area contributed by atoms with E-state index in [1.165, 1.54) is 0 Å². The van der Waals surface area contributed by atoms with Crippen molar-refractivity contribution in [3.63, 3.8) is 0 Å². The Balaban J connectivity index is 1.88. The van der Waals surface area contributed by atoms with Crippen LogP contribution in [0.4, 0.5) is 5.69 Å². The molecule has 2 saturated carbocycles. The monoisotopic (exact) mass is 309 g/mol.